The zero-order valence-electron chi connectivity index (χ0n) is 12.4. The van der Waals surface area contributed by atoms with E-state index in [2.05, 4.69) is 39.7 Å². The van der Waals surface area contributed by atoms with E-state index in [1.807, 2.05) is 6.07 Å². The normalized spacial score (nSPS) is 19.6. The van der Waals surface area contributed by atoms with Gasteiger partial charge in [-0.25, -0.2) is 0 Å². The molecule has 4 heteroatoms. The van der Waals surface area contributed by atoms with Crippen molar-refractivity contribution in [3.05, 3.63) is 28.5 Å². The third-order valence-electron chi connectivity index (χ3n) is 4.47. The van der Waals surface area contributed by atoms with Crippen molar-refractivity contribution in [1.82, 2.24) is 9.88 Å². The van der Waals surface area contributed by atoms with Crippen LogP contribution in [-0.2, 0) is 11.2 Å². The summed E-state index contributed by atoms with van der Waals surface area (Å²) < 4.78 is 0.930. The SMILES string of the molecule is CCC(C)(C(=O)Cc1cncc(Br)c1)N1CCCCC1. The highest BCUT2D eigenvalue weighted by Gasteiger charge is 2.37. The van der Waals surface area contributed by atoms with Gasteiger partial charge < -0.3 is 0 Å². The molecule has 1 aromatic rings. The first-order valence-corrected chi connectivity index (χ1v) is 8.23. The molecule has 3 nitrogen and oxygen atoms in total. The lowest BCUT2D eigenvalue weighted by Gasteiger charge is -2.42. The fourth-order valence-electron chi connectivity index (χ4n) is 2.91. The minimum atomic E-state index is -0.331. The van der Waals surface area contributed by atoms with E-state index in [0.29, 0.717) is 12.2 Å². The van der Waals surface area contributed by atoms with E-state index in [0.717, 1.165) is 29.5 Å². The molecule has 1 saturated heterocycles. The Morgan fingerprint density at radius 3 is 2.65 bits per heavy atom. The molecule has 0 saturated carbocycles. The van der Waals surface area contributed by atoms with Crippen molar-refractivity contribution in [3.63, 3.8) is 0 Å². The summed E-state index contributed by atoms with van der Waals surface area (Å²) in [7, 11) is 0. The van der Waals surface area contributed by atoms with Gasteiger partial charge in [0.25, 0.3) is 0 Å². The topological polar surface area (TPSA) is 33.2 Å². The second-order valence-corrected chi connectivity index (χ2v) is 6.70. The number of halogens is 1. The third-order valence-corrected chi connectivity index (χ3v) is 4.90. The van der Waals surface area contributed by atoms with Gasteiger partial charge in [-0.3, -0.25) is 14.7 Å². The lowest BCUT2D eigenvalue weighted by Crippen LogP contribution is -2.54. The van der Waals surface area contributed by atoms with Crippen molar-refractivity contribution in [2.24, 2.45) is 0 Å². The maximum absolute atomic E-state index is 12.8. The Bertz CT molecular complexity index is 471. The highest BCUT2D eigenvalue weighted by Crippen LogP contribution is 2.26. The van der Waals surface area contributed by atoms with Crippen molar-refractivity contribution in [2.45, 2.75) is 51.5 Å². The van der Waals surface area contributed by atoms with Crippen LogP contribution < -0.4 is 0 Å². The van der Waals surface area contributed by atoms with Gasteiger partial charge in [0, 0.05) is 23.3 Å². The van der Waals surface area contributed by atoms with Crippen molar-refractivity contribution < 1.29 is 4.79 Å². The van der Waals surface area contributed by atoms with Crippen LogP contribution in [0.5, 0.6) is 0 Å². The van der Waals surface area contributed by atoms with Gasteiger partial charge >= 0.3 is 0 Å². The number of Topliss-reactive ketones (excluding diaryl/α,β-unsaturated/α-hetero) is 1. The van der Waals surface area contributed by atoms with Crippen LogP contribution in [0.25, 0.3) is 0 Å². The van der Waals surface area contributed by atoms with E-state index in [1.54, 1.807) is 12.4 Å². The number of pyridine rings is 1. The summed E-state index contributed by atoms with van der Waals surface area (Å²) in [5.41, 5.74) is 0.656. The first-order chi connectivity index (χ1) is 9.56. The Balaban J connectivity index is 2.11. The number of rotatable bonds is 5. The first-order valence-electron chi connectivity index (χ1n) is 7.44. The molecule has 0 aromatic carbocycles. The fraction of sp³-hybridized carbons (Fsp3) is 0.625. The smallest absolute Gasteiger partial charge is 0.157 e. The molecule has 1 aromatic heterocycles. The lowest BCUT2D eigenvalue weighted by molar-refractivity contribution is -0.130. The number of hydrogen-bond donors (Lipinski definition) is 0. The van der Waals surface area contributed by atoms with Crippen LogP contribution in [0, 0.1) is 0 Å². The molecule has 1 atom stereocenters. The highest BCUT2D eigenvalue weighted by atomic mass is 79.9. The maximum Gasteiger partial charge on any atom is 0.157 e. The van der Waals surface area contributed by atoms with Crippen LogP contribution in [0.3, 0.4) is 0 Å². The average Bonchev–Trinajstić information content (AvgIpc) is 2.47. The van der Waals surface area contributed by atoms with E-state index in [9.17, 15) is 4.79 Å². The molecule has 1 unspecified atom stereocenters. The molecule has 0 aliphatic carbocycles. The summed E-state index contributed by atoms with van der Waals surface area (Å²) in [5, 5.41) is 0. The Morgan fingerprint density at radius 1 is 1.35 bits per heavy atom. The molecule has 1 fully saturated rings. The molecule has 110 valence electrons. The van der Waals surface area contributed by atoms with E-state index >= 15 is 0 Å². The zero-order valence-corrected chi connectivity index (χ0v) is 13.9. The predicted octanol–water partition coefficient (Wildman–Crippen LogP) is 3.61. The summed E-state index contributed by atoms with van der Waals surface area (Å²) in [5.74, 6) is 0.307. The van der Waals surface area contributed by atoms with Gasteiger partial charge in [-0.1, -0.05) is 13.3 Å². The summed E-state index contributed by atoms with van der Waals surface area (Å²) >= 11 is 3.41. The molecular formula is C16H23BrN2O. The standard InChI is InChI=1S/C16H23BrN2O/c1-3-16(2,19-7-5-4-6-8-19)15(20)10-13-9-14(17)12-18-11-13/h9,11-12H,3-8,10H2,1-2H3. The van der Waals surface area contributed by atoms with Gasteiger partial charge in [0.2, 0.25) is 0 Å². The molecule has 0 radical (unpaired) electrons. The minimum absolute atomic E-state index is 0.307. The summed E-state index contributed by atoms with van der Waals surface area (Å²) in [6.45, 7) is 6.32. The highest BCUT2D eigenvalue weighted by molar-refractivity contribution is 9.10. The van der Waals surface area contributed by atoms with Gasteiger partial charge in [0.1, 0.15) is 0 Å². The van der Waals surface area contributed by atoms with Crippen LogP contribution >= 0.6 is 15.9 Å². The average molecular weight is 339 g/mol. The number of aromatic nitrogens is 1. The second-order valence-electron chi connectivity index (χ2n) is 5.79. The quantitative estimate of drug-likeness (QED) is 0.822. The number of carbonyl (C=O) groups excluding carboxylic acids is 1. The molecule has 1 aliphatic heterocycles. The number of likely N-dealkylation sites (tertiary alicyclic amines) is 1. The monoisotopic (exact) mass is 338 g/mol. The van der Waals surface area contributed by atoms with Crippen LogP contribution in [0.15, 0.2) is 22.9 Å². The Hall–Kier alpha value is -0.740. The predicted molar refractivity (Wildman–Crippen MR) is 84.8 cm³/mol. The van der Waals surface area contributed by atoms with Gasteiger partial charge in [0.15, 0.2) is 5.78 Å². The number of hydrogen-bond acceptors (Lipinski definition) is 3. The summed E-state index contributed by atoms with van der Waals surface area (Å²) in [6.07, 6.45) is 8.58. The number of carbonyl (C=O) groups is 1. The van der Waals surface area contributed by atoms with Gasteiger partial charge in [-0.15, -0.1) is 0 Å². The van der Waals surface area contributed by atoms with Gasteiger partial charge in [-0.2, -0.15) is 0 Å². The molecule has 2 heterocycles. The molecule has 0 amide bonds. The summed E-state index contributed by atoms with van der Waals surface area (Å²) in [6, 6.07) is 1.98. The molecule has 0 spiro atoms. The zero-order chi connectivity index (χ0) is 14.6. The van der Waals surface area contributed by atoms with Crippen LogP contribution in [0.1, 0.15) is 45.1 Å². The van der Waals surface area contributed by atoms with Crippen LogP contribution in [0.2, 0.25) is 0 Å². The largest absolute Gasteiger partial charge is 0.297 e. The number of nitrogens with zero attached hydrogens (tertiary/aromatic N) is 2. The minimum Gasteiger partial charge on any atom is -0.297 e. The summed E-state index contributed by atoms with van der Waals surface area (Å²) in [4.78, 5) is 19.3. The van der Waals surface area contributed by atoms with Crippen molar-refractivity contribution in [1.29, 1.82) is 0 Å². The van der Waals surface area contributed by atoms with E-state index in [-0.39, 0.29) is 5.54 Å². The maximum atomic E-state index is 12.8. The Morgan fingerprint density at radius 2 is 2.05 bits per heavy atom. The fourth-order valence-corrected chi connectivity index (χ4v) is 3.33. The molecule has 2 rings (SSSR count). The van der Waals surface area contributed by atoms with E-state index < -0.39 is 0 Å². The second kappa shape index (κ2) is 6.81. The Labute approximate surface area is 129 Å². The van der Waals surface area contributed by atoms with Crippen LogP contribution in [0.4, 0.5) is 0 Å². The van der Waals surface area contributed by atoms with Gasteiger partial charge in [0.05, 0.1) is 5.54 Å². The van der Waals surface area contributed by atoms with E-state index in [1.165, 1.54) is 19.3 Å². The lowest BCUT2D eigenvalue weighted by atomic mass is 9.86. The molecule has 0 bridgehead atoms. The third kappa shape index (κ3) is 3.47. The first kappa shape index (κ1) is 15.6. The molecule has 0 N–H and O–H groups in total. The van der Waals surface area contributed by atoms with Crippen molar-refractivity contribution >= 4 is 21.7 Å². The van der Waals surface area contributed by atoms with Crippen LogP contribution in [-0.4, -0.2) is 34.3 Å². The van der Waals surface area contributed by atoms with Crippen molar-refractivity contribution in [3.8, 4) is 0 Å². The van der Waals surface area contributed by atoms with E-state index in [4.69, 9.17) is 0 Å². The van der Waals surface area contributed by atoms with Gasteiger partial charge in [-0.05, 0) is 66.8 Å². The molecule has 20 heavy (non-hydrogen) atoms. The molecule has 1 aliphatic rings. The van der Waals surface area contributed by atoms with Crippen molar-refractivity contribution in [2.75, 3.05) is 13.1 Å². The number of ketones is 1. The Kier molecular flexibility index (Phi) is 5.33. The number of piperidine rings is 1. The molecular weight excluding hydrogens is 316 g/mol.